The fourth-order valence-electron chi connectivity index (χ4n) is 1.87. The van der Waals surface area contributed by atoms with Crippen LogP contribution in [-0.2, 0) is 4.74 Å². The summed E-state index contributed by atoms with van der Waals surface area (Å²) in [7, 11) is 1.68. The zero-order valence-corrected chi connectivity index (χ0v) is 11.3. The van der Waals surface area contributed by atoms with Gasteiger partial charge in [-0.2, -0.15) is 5.26 Å². The molecule has 4 nitrogen and oxygen atoms in total. The summed E-state index contributed by atoms with van der Waals surface area (Å²) in [4.78, 5) is 2.17. The van der Waals surface area contributed by atoms with Gasteiger partial charge in [0.05, 0.1) is 17.9 Å². The van der Waals surface area contributed by atoms with Crippen LogP contribution >= 0.6 is 0 Å². The molecule has 1 aromatic rings. The predicted octanol–water partition coefficient (Wildman–Crippen LogP) is 2.25. The molecule has 0 aliphatic heterocycles. The Labute approximate surface area is 109 Å². The third-order valence-corrected chi connectivity index (χ3v) is 2.63. The van der Waals surface area contributed by atoms with Crippen LogP contribution in [-0.4, -0.2) is 26.8 Å². The molecule has 0 bridgehead atoms. The minimum atomic E-state index is 0.519. The molecule has 1 aromatic carbocycles. The Morgan fingerprint density at radius 1 is 1.44 bits per heavy atom. The number of nitrogen functional groups attached to an aromatic ring is 1. The Kier molecular flexibility index (Phi) is 5.47. The average Bonchev–Trinajstić information content (AvgIpc) is 2.34. The summed E-state index contributed by atoms with van der Waals surface area (Å²) in [6, 6.07) is 7.66. The zero-order valence-electron chi connectivity index (χ0n) is 11.3. The number of methoxy groups -OCH3 is 1. The van der Waals surface area contributed by atoms with Crippen molar-refractivity contribution >= 4 is 11.4 Å². The van der Waals surface area contributed by atoms with Crippen molar-refractivity contribution < 1.29 is 4.74 Å². The SMILES string of the molecule is COCCN(CC(C)C)c1ccc(N)cc1C#N. The highest BCUT2D eigenvalue weighted by atomic mass is 16.5. The number of rotatable bonds is 6. The third-order valence-electron chi connectivity index (χ3n) is 2.63. The summed E-state index contributed by atoms with van der Waals surface area (Å²) >= 11 is 0. The number of hydrogen-bond donors (Lipinski definition) is 1. The first-order valence-electron chi connectivity index (χ1n) is 6.12. The molecule has 18 heavy (non-hydrogen) atoms. The van der Waals surface area contributed by atoms with Gasteiger partial charge in [0.25, 0.3) is 0 Å². The normalized spacial score (nSPS) is 10.4. The lowest BCUT2D eigenvalue weighted by Gasteiger charge is -2.27. The number of ether oxygens (including phenoxy) is 1. The summed E-state index contributed by atoms with van der Waals surface area (Å²) in [5.41, 5.74) is 7.87. The van der Waals surface area contributed by atoms with E-state index in [0.717, 1.165) is 18.8 Å². The van der Waals surface area contributed by atoms with Crippen molar-refractivity contribution in [2.45, 2.75) is 13.8 Å². The van der Waals surface area contributed by atoms with E-state index >= 15 is 0 Å². The topological polar surface area (TPSA) is 62.3 Å². The van der Waals surface area contributed by atoms with Crippen LogP contribution in [0.4, 0.5) is 11.4 Å². The van der Waals surface area contributed by atoms with Gasteiger partial charge in [-0.3, -0.25) is 0 Å². The predicted molar refractivity (Wildman–Crippen MR) is 74.5 cm³/mol. The summed E-state index contributed by atoms with van der Waals surface area (Å²) in [5.74, 6) is 0.519. The van der Waals surface area contributed by atoms with Crippen LogP contribution in [0.25, 0.3) is 0 Å². The van der Waals surface area contributed by atoms with Crippen LogP contribution in [0.3, 0.4) is 0 Å². The van der Waals surface area contributed by atoms with Crippen LogP contribution in [0, 0.1) is 17.2 Å². The van der Waals surface area contributed by atoms with Crippen molar-refractivity contribution in [3.05, 3.63) is 23.8 Å². The molecule has 98 valence electrons. The monoisotopic (exact) mass is 247 g/mol. The summed E-state index contributed by atoms with van der Waals surface area (Å²) in [6.07, 6.45) is 0. The Balaban J connectivity index is 3.00. The first kappa shape index (κ1) is 14.3. The smallest absolute Gasteiger partial charge is 0.101 e. The maximum absolute atomic E-state index is 9.19. The Morgan fingerprint density at radius 3 is 2.72 bits per heavy atom. The molecule has 0 spiro atoms. The fraction of sp³-hybridized carbons (Fsp3) is 0.500. The number of hydrogen-bond acceptors (Lipinski definition) is 4. The van der Waals surface area contributed by atoms with E-state index in [1.165, 1.54) is 0 Å². The van der Waals surface area contributed by atoms with Crippen LogP contribution in [0.15, 0.2) is 18.2 Å². The second kappa shape index (κ2) is 6.87. The lowest BCUT2D eigenvalue weighted by Crippen LogP contribution is -2.31. The third kappa shape index (κ3) is 3.94. The van der Waals surface area contributed by atoms with Crippen molar-refractivity contribution in [1.29, 1.82) is 5.26 Å². The van der Waals surface area contributed by atoms with Gasteiger partial charge in [-0.05, 0) is 24.1 Å². The largest absolute Gasteiger partial charge is 0.399 e. The highest BCUT2D eigenvalue weighted by Crippen LogP contribution is 2.23. The van der Waals surface area contributed by atoms with Gasteiger partial charge >= 0.3 is 0 Å². The molecule has 0 saturated heterocycles. The van der Waals surface area contributed by atoms with Crippen LogP contribution in [0.2, 0.25) is 0 Å². The van der Waals surface area contributed by atoms with Crippen LogP contribution in [0.1, 0.15) is 19.4 Å². The van der Waals surface area contributed by atoms with Crippen molar-refractivity contribution in [2.24, 2.45) is 5.92 Å². The van der Waals surface area contributed by atoms with Gasteiger partial charge in [0.2, 0.25) is 0 Å². The molecular formula is C14H21N3O. The van der Waals surface area contributed by atoms with E-state index < -0.39 is 0 Å². The van der Waals surface area contributed by atoms with Gasteiger partial charge in [0, 0.05) is 25.9 Å². The van der Waals surface area contributed by atoms with E-state index in [9.17, 15) is 5.26 Å². The fourth-order valence-corrected chi connectivity index (χ4v) is 1.87. The first-order chi connectivity index (χ1) is 8.58. The molecule has 0 heterocycles. The molecule has 0 saturated carbocycles. The zero-order chi connectivity index (χ0) is 13.5. The van der Waals surface area contributed by atoms with Gasteiger partial charge < -0.3 is 15.4 Å². The van der Waals surface area contributed by atoms with Crippen molar-refractivity contribution in [2.75, 3.05) is 37.4 Å². The molecule has 0 radical (unpaired) electrons. The second-order valence-corrected chi connectivity index (χ2v) is 4.72. The minimum absolute atomic E-state index is 0.519. The summed E-state index contributed by atoms with van der Waals surface area (Å²) in [6.45, 7) is 6.61. The lowest BCUT2D eigenvalue weighted by molar-refractivity contribution is 0.204. The number of nitrogens with zero attached hydrogens (tertiary/aromatic N) is 2. The van der Waals surface area contributed by atoms with E-state index in [1.54, 1.807) is 13.2 Å². The average molecular weight is 247 g/mol. The number of nitriles is 1. The molecule has 0 fully saturated rings. The van der Waals surface area contributed by atoms with Crippen LogP contribution in [0.5, 0.6) is 0 Å². The quantitative estimate of drug-likeness (QED) is 0.783. The van der Waals surface area contributed by atoms with Crippen LogP contribution < -0.4 is 10.6 Å². The summed E-state index contributed by atoms with van der Waals surface area (Å²) < 4.78 is 5.12. The van der Waals surface area contributed by atoms with E-state index in [2.05, 4.69) is 24.8 Å². The Morgan fingerprint density at radius 2 is 2.17 bits per heavy atom. The molecule has 1 rings (SSSR count). The standard InChI is InChI=1S/C14H21N3O/c1-11(2)10-17(6-7-18-3)14-5-4-13(16)8-12(14)9-15/h4-5,8,11H,6-7,10,16H2,1-3H3. The van der Waals surface area contributed by atoms with E-state index in [4.69, 9.17) is 10.5 Å². The van der Waals surface area contributed by atoms with Crippen molar-refractivity contribution in [1.82, 2.24) is 0 Å². The summed E-state index contributed by atoms with van der Waals surface area (Å²) in [5, 5.41) is 9.19. The minimum Gasteiger partial charge on any atom is -0.399 e. The maximum atomic E-state index is 9.19. The molecular weight excluding hydrogens is 226 g/mol. The van der Waals surface area contributed by atoms with Crippen molar-refractivity contribution in [3.63, 3.8) is 0 Å². The van der Waals surface area contributed by atoms with Gasteiger partial charge in [-0.25, -0.2) is 0 Å². The molecule has 0 aliphatic rings. The highest BCUT2D eigenvalue weighted by molar-refractivity contribution is 5.64. The lowest BCUT2D eigenvalue weighted by atomic mass is 10.1. The maximum Gasteiger partial charge on any atom is 0.101 e. The molecule has 0 unspecified atom stereocenters. The van der Waals surface area contributed by atoms with Gasteiger partial charge in [-0.1, -0.05) is 13.8 Å². The number of nitrogens with two attached hydrogens (primary N) is 1. The molecule has 0 aromatic heterocycles. The second-order valence-electron chi connectivity index (χ2n) is 4.72. The molecule has 4 heteroatoms. The number of anilines is 2. The molecule has 2 N–H and O–H groups in total. The van der Waals surface area contributed by atoms with E-state index in [0.29, 0.717) is 23.8 Å². The Hall–Kier alpha value is -1.73. The molecule has 0 amide bonds. The van der Waals surface area contributed by atoms with Gasteiger partial charge in [-0.15, -0.1) is 0 Å². The van der Waals surface area contributed by atoms with Gasteiger partial charge in [0.15, 0.2) is 0 Å². The Bertz CT molecular complexity index is 424. The highest BCUT2D eigenvalue weighted by Gasteiger charge is 2.12. The number of benzene rings is 1. The van der Waals surface area contributed by atoms with Crippen molar-refractivity contribution in [3.8, 4) is 6.07 Å². The molecule has 0 aliphatic carbocycles. The van der Waals surface area contributed by atoms with E-state index in [1.807, 2.05) is 12.1 Å². The van der Waals surface area contributed by atoms with Gasteiger partial charge in [0.1, 0.15) is 6.07 Å². The molecule has 0 atom stereocenters. The van der Waals surface area contributed by atoms with E-state index in [-0.39, 0.29) is 0 Å². The first-order valence-corrected chi connectivity index (χ1v) is 6.12.